The molecule has 17 heavy (non-hydrogen) atoms. The molecular formula is C11H15ClN4O. The highest BCUT2D eigenvalue weighted by Gasteiger charge is 2.24. The van der Waals surface area contributed by atoms with Crippen molar-refractivity contribution in [1.82, 2.24) is 9.97 Å². The Morgan fingerprint density at radius 3 is 2.71 bits per heavy atom. The number of anilines is 1. The summed E-state index contributed by atoms with van der Waals surface area (Å²) in [5.41, 5.74) is 5.29. The van der Waals surface area contributed by atoms with Crippen molar-refractivity contribution in [3.05, 3.63) is 17.5 Å². The lowest BCUT2D eigenvalue weighted by Crippen LogP contribution is -2.32. The van der Waals surface area contributed by atoms with Gasteiger partial charge in [-0.05, 0) is 43.4 Å². The van der Waals surface area contributed by atoms with Crippen LogP contribution in [0.15, 0.2) is 12.3 Å². The summed E-state index contributed by atoms with van der Waals surface area (Å²) < 4.78 is 0. The zero-order valence-electron chi connectivity index (χ0n) is 9.40. The van der Waals surface area contributed by atoms with Gasteiger partial charge in [0.05, 0.1) is 0 Å². The molecule has 5 nitrogen and oxygen atoms in total. The lowest BCUT2D eigenvalue weighted by molar-refractivity contribution is -0.122. The molecule has 0 bridgehead atoms. The molecule has 1 fully saturated rings. The molecule has 0 radical (unpaired) electrons. The first-order valence-electron chi connectivity index (χ1n) is 5.69. The highest BCUT2D eigenvalue weighted by atomic mass is 35.5. The fourth-order valence-electron chi connectivity index (χ4n) is 2.15. The average molecular weight is 255 g/mol. The van der Waals surface area contributed by atoms with Crippen molar-refractivity contribution in [3.8, 4) is 0 Å². The Bertz CT molecular complexity index is 404. The number of aromatic nitrogens is 2. The zero-order chi connectivity index (χ0) is 12.3. The Morgan fingerprint density at radius 1 is 1.41 bits per heavy atom. The van der Waals surface area contributed by atoms with Crippen LogP contribution in [-0.2, 0) is 4.79 Å². The van der Waals surface area contributed by atoms with E-state index in [-0.39, 0.29) is 17.1 Å². The van der Waals surface area contributed by atoms with Crippen LogP contribution in [-0.4, -0.2) is 21.9 Å². The molecule has 1 saturated carbocycles. The molecule has 2 rings (SSSR count). The van der Waals surface area contributed by atoms with Gasteiger partial charge in [0.25, 0.3) is 0 Å². The van der Waals surface area contributed by atoms with Crippen LogP contribution in [0.2, 0.25) is 5.28 Å². The van der Waals surface area contributed by atoms with E-state index < -0.39 is 0 Å². The summed E-state index contributed by atoms with van der Waals surface area (Å²) in [6.45, 7) is 0. The third-order valence-electron chi connectivity index (χ3n) is 3.11. The number of carbonyl (C=O) groups is 1. The second kappa shape index (κ2) is 5.31. The fraction of sp³-hybridized carbons (Fsp3) is 0.545. The molecule has 0 unspecified atom stereocenters. The second-order valence-corrected chi connectivity index (χ2v) is 4.64. The summed E-state index contributed by atoms with van der Waals surface area (Å²) in [5.74, 6) is 0.572. The summed E-state index contributed by atoms with van der Waals surface area (Å²) in [4.78, 5) is 18.9. The van der Waals surface area contributed by atoms with Crippen molar-refractivity contribution in [2.24, 2.45) is 11.7 Å². The van der Waals surface area contributed by atoms with Gasteiger partial charge in [-0.15, -0.1) is 0 Å². The molecule has 6 heteroatoms. The van der Waals surface area contributed by atoms with E-state index >= 15 is 0 Å². The van der Waals surface area contributed by atoms with Crippen LogP contribution >= 0.6 is 11.6 Å². The van der Waals surface area contributed by atoms with Crippen LogP contribution in [0.1, 0.15) is 25.7 Å². The van der Waals surface area contributed by atoms with Gasteiger partial charge < -0.3 is 11.1 Å². The van der Waals surface area contributed by atoms with Crippen molar-refractivity contribution < 1.29 is 4.79 Å². The number of hydrogen-bond donors (Lipinski definition) is 2. The number of amides is 1. The third kappa shape index (κ3) is 3.30. The van der Waals surface area contributed by atoms with Crippen LogP contribution in [0.25, 0.3) is 0 Å². The Labute approximate surface area is 105 Å². The molecular weight excluding hydrogens is 240 g/mol. The molecule has 92 valence electrons. The van der Waals surface area contributed by atoms with Crippen LogP contribution in [0.3, 0.4) is 0 Å². The average Bonchev–Trinajstić information content (AvgIpc) is 2.29. The predicted octanol–water partition coefficient (Wildman–Crippen LogP) is 1.59. The smallest absolute Gasteiger partial charge is 0.224 e. The van der Waals surface area contributed by atoms with Crippen LogP contribution in [0, 0.1) is 5.92 Å². The van der Waals surface area contributed by atoms with E-state index in [4.69, 9.17) is 17.3 Å². The number of carbonyl (C=O) groups excluding carboxylic acids is 1. The van der Waals surface area contributed by atoms with E-state index in [9.17, 15) is 4.79 Å². The molecule has 1 aromatic heterocycles. The van der Waals surface area contributed by atoms with Crippen LogP contribution in [0.4, 0.5) is 5.82 Å². The summed E-state index contributed by atoms with van der Waals surface area (Å²) in [7, 11) is 0. The molecule has 1 aromatic rings. The van der Waals surface area contributed by atoms with Gasteiger partial charge in [0.1, 0.15) is 5.82 Å². The maximum Gasteiger partial charge on any atom is 0.224 e. The topological polar surface area (TPSA) is 80.9 Å². The first kappa shape index (κ1) is 12.1. The lowest BCUT2D eigenvalue weighted by Gasteiger charge is -2.27. The first-order chi connectivity index (χ1) is 8.15. The largest absolute Gasteiger partial charge is 0.369 e. The van der Waals surface area contributed by atoms with Crippen molar-refractivity contribution in [3.63, 3.8) is 0 Å². The van der Waals surface area contributed by atoms with Gasteiger partial charge in [0.15, 0.2) is 0 Å². The molecule has 0 saturated heterocycles. The monoisotopic (exact) mass is 254 g/mol. The number of nitrogens with one attached hydrogen (secondary N) is 1. The van der Waals surface area contributed by atoms with E-state index in [1.807, 2.05) is 0 Å². The summed E-state index contributed by atoms with van der Waals surface area (Å²) >= 11 is 5.70. The highest BCUT2D eigenvalue weighted by Crippen LogP contribution is 2.25. The Balaban J connectivity index is 1.88. The van der Waals surface area contributed by atoms with Gasteiger partial charge >= 0.3 is 0 Å². The number of hydrogen-bond acceptors (Lipinski definition) is 4. The van der Waals surface area contributed by atoms with Gasteiger partial charge in [-0.1, -0.05) is 0 Å². The number of primary amides is 1. The molecule has 1 aliphatic carbocycles. The Morgan fingerprint density at radius 2 is 2.12 bits per heavy atom. The minimum atomic E-state index is -0.187. The second-order valence-electron chi connectivity index (χ2n) is 4.31. The Hall–Kier alpha value is -1.36. The van der Waals surface area contributed by atoms with Gasteiger partial charge in [-0.2, -0.15) is 0 Å². The molecule has 1 amide bonds. The van der Waals surface area contributed by atoms with Crippen molar-refractivity contribution in [1.29, 1.82) is 0 Å². The summed E-state index contributed by atoms with van der Waals surface area (Å²) in [6, 6.07) is 2.11. The van der Waals surface area contributed by atoms with Gasteiger partial charge in [0, 0.05) is 18.2 Å². The van der Waals surface area contributed by atoms with E-state index in [0.717, 1.165) is 31.5 Å². The molecule has 0 spiro atoms. The predicted molar refractivity (Wildman–Crippen MR) is 65.6 cm³/mol. The molecule has 1 aliphatic rings. The number of rotatable bonds is 3. The maximum absolute atomic E-state index is 11.0. The van der Waals surface area contributed by atoms with Gasteiger partial charge in [-0.25, -0.2) is 9.97 Å². The molecule has 0 atom stereocenters. The van der Waals surface area contributed by atoms with Crippen molar-refractivity contribution in [2.45, 2.75) is 31.7 Å². The van der Waals surface area contributed by atoms with Crippen molar-refractivity contribution >= 4 is 23.3 Å². The number of nitrogens with two attached hydrogens (primary N) is 1. The molecule has 3 N–H and O–H groups in total. The van der Waals surface area contributed by atoms with E-state index in [1.54, 1.807) is 12.3 Å². The van der Waals surface area contributed by atoms with Crippen molar-refractivity contribution in [2.75, 3.05) is 5.32 Å². The zero-order valence-corrected chi connectivity index (χ0v) is 10.2. The molecule has 1 heterocycles. The van der Waals surface area contributed by atoms with Gasteiger partial charge in [0.2, 0.25) is 11.2 Å². The SMILES string of the molecule is NC(=O)C1CCC(Nc2ccnc(Cl)n2)CC1. The highest BCUT2D eigenvalue weighted by molar-refractivity contribution is 6.28. The first-order valence-corrected chi connectivity index (χ1v) is 6.07. The van der Waals surface area contributed by atoms with E-state index in [1.165, 1.54) is 0 Å². The quantitative estimate of drug-likeness (QED) is 0.803. The fourth-order valence-corrected chi connectivity index (χ4v) is 2.29. The minimum absolute atomic E-state index is 0.0297. The maximum atomic E-state index is 11.0. The van der Waals surface area contributed by atoms with Gasteiger partial charge in [-0.3, -0.25) is 4.79 Å². The number of nitrogens with zero attached hydrogens (tertiary/aromatic N) is 2. The minimum Gasteiger partial charge on any atom is -0.369 e. The van der Waals surface area contributed by atoms with Crippen LogP contribution < -0.4 is 11.1 Å². The normalized spacial score (nSPS) is 24.3. The molecule has 0 aliphatic heterocycles. The Kier molecular flexibility index (Phi) is 3.78. The third-order valence-corrected chi connectivity index (χ3v) is 3.29. The summed E-state index contributed by atoms with van der Waals surface area (Å²) in [5, 5.41) is 3.53. The standard InChI is InChI=1S/C11H15ClN4O/c12-11-14-6-5-9(16-11)15-8-3-1-7(2-4-8)10(13)17/h5-8H,1-4H2,(H2,13,17)(H,14,15,16). The summed E-state index contributed by atoms with van der Waals surface area (Å²) in [6.07, 6.45) is 5.15. The van der Waals surface area contributed by atoms with E-state index in [0.29, 0.717) is 6.04 Å². The number of halogens is 1. The van der Waals surface area contributed by atoms with E-state index in [2.05, 4.69) is 15.3 Å². The van der Waals surface area contributed by atoms with Crippen LogP contribution in [0.5, 0.6) is 0 Å². The molecule has 0 aromatic carbocycles. The lowest BCUT2D eigenvalue weighted by atomic mass is 9.85.